The van der Waals surface area contributed by atoms with E-state index < -0.39 is 0 Å². The summed E-state index contributed by atoms with van der Waals surface area (Å²) in [6, 6.07) is 18.7. The lowest BCUT2D eigenvalue weighted by Gasteiger charge is -2.11. The molecule has 0 radical (unpaired) electrons. The number of rotatable bonds is 4. The average molecular weight is 284 g/mol. The molecule has 0 unspecified atom stereocenters. The third-order valence-corrected chi connectivity index (χ3v) is 3.47. The normalized spacial score (nSPS) is 10.7. The van der Waals surface area contributed by atoms with Gasteiger partial charge in [0.15, 0.2) is 5.82 Å². The van der Waals surface area contributed by atoms with Gasteiger partial charge in [-0.05, 0) is 23.6 Å². The monoisotopic (exact) mass is 283 g/mol. The number of aromatic nitrogens is 3. The molecular formula is C16H14ClN3. The first kappa shape index (κ1) is 12.9. The Morgan fingerprint density at radius 1 is 0.950 bits per heavy atom. The van der Waals surface area contributed by atoms with Crippen LogP contribution in [0.15, 0.2) is 60.9 Å². The number of nitrogens with zero attached hydrogens (tertiary/aromatic N) is 3. The van der Waals surface area contributed by atoms with Gasteiger partial charge in [0.05, 0.1) is 11.6 Å². The summed E-state index contributed by atoms with van der Waals surface area (Å²) in [5, 5.41) is 7.99. The summed E-state index contributed by atoms with van der Waals surface area (Å²) in [6.45, 7) is 0. The summed E-state index contributed by atoms with van der Waals surface area (Å²) in [5.41, 5.74) is 3.59. The molecule has 0 aliphatic heterocycles. The lowest BCUT2D eigenvalue weighted by Crippen LogP contribution is -2.03. The molecule has 3 nitrogen and oxygen atoms in total. The van der Waals surface area contributed by atoms with Gasteiger partial charge < -0.3 is 0 Å². The Morgan fingerprint density at radius 3 is 2.50 bits per heavy atom. The first-order valence-electron chi connectivity index (χ1n) is 6.45. The Bertz CT molecular complexity index is 692. The van der Waals surface area contributed by atoms with Crippen molar-refractivity contribution in [3.63, 3.8) is 0 Å². The molecule has 1 heterocycles. The van der Waals surface area contributed by atoms with Gasteiger partial charge in [0.1, 0.15) is 6.33 Å². The van der Waals surface area contributed by atoms with Crippen LogP contribution in [0.2, 0.25) is 0 Å². The topological polar surface area (TPSA) is 30.7 Å². The number of para-hydroxylation sites is 1. The highest BCUT2D eigenvalue weighted by atomic mass is 35.5. The van der Waals surface area contributed by atoms with Crippen molar-refractivity contribution in [1.82, 2.24) is 14.8 Å². The van der Waals surface area contributed by atoms with E-state index in [-0.39, 0.29) is 0 Å². The lowest BCUT2D eigenvalue weighted by molar-refractivity contribution is 0.935. The predicted octanol–water partition coefficient (Wildman–Crippen LogP) is 3.60. The van der Waals surface area contributed by atoms with Gasteiger partial charge in [0, 0.05) is 0 Å². The summed E-state index contributed by atoms with van der Waals surface area (Å²) in [4.78, 5) is 0. The third kappa shape index (κ3) is 2.58. The molecule has 0 aliphatic rings. The predicted molar refractivity (Wildman–Crippen MR) is 80.2 cm³/mol. The zero-order valence-corrected chi connectivity index (χ0v) is 11.7. The average Bonchev–Trinajstić information content (AvgIpc) is 2.97. The summed E-state index contributed by atoms with van der Waals surface area (Å²) in [5.74, 6) is 1.10. The molecular weight excluding hydrogens is 270 g/mol. The zero-order chi connectivity index (χ0) is 13.8. The lowest BCUT2D eigenvalue weighted by atomic mass is 10.0. The number of hydrogen-bond acceptors (Lipinski definition) is 2. The summed E-state index contributed by atoms with van der Waals surface area (Å²) >= 11 is 5.91. The molecule has 0 amide bonds. The minimum Gasteiger partial charge on any atom is -0.284 e. The Morgan fingerprint density at radius 2 is 1.70 bits per heavy atom. The highest BCUT2D eigenvalue weighted by molar-refractivity contribution is 6.16. The second-order valence-electron chi connectivity index (χ2n) is 4.54. The van der Waals surface area contributed by atoms with Crippen LogP contribution in [0, 0.1) is 0 Å². The molecule has 1 aromatic heterocycles. The molecule has 0 N–H and O–H groups in total. The number of hydrogen-bond donors (Lipinski definition) is 0. The maximum Gasteiger partial charge on any atom is 0.152 e. The van der Waals surface area contributed by atoms with E-state index in [1.807, 2.05) is 22.8 Å². The minimum absolute atomic E-state index is 0.347. The van der Waals surface area contributed by atoms with Crippen LogP contribution in [0.3, 0.4) is 0 Å². The van der Waals surface area contributed by atoms with E-state index in [9.17, 15) is 0 Å². The summed E-state index contributed by atoms with van der Waals surface area (Å²) in [6.07, 6.45) is 2.58. The molecule has 3 aromatic rings. The second-order valence-corrected chi connectivity index (χ2v) is 4.81. The quantitative estimate of drug-likeness (QED) is 0.685. The van der Waals surface area contributed by atoms with E-state index in [4.69, 9.17) is 11.6 Å². The van der Waals surface area contributed by atoms with Crippen molar-refractivity contribution in [2.45, 2.75) is 12.3 Å². The maximum absolute atomic E-state index is 5.91. The van der Waals surface area contributed by atoms with Crippen molar-refractivity contribution >= 4 is 11.6 Å². The maximum atomic E-state index is 5.91. The molecule has 4 heteroatoms. The minimum atomic E-state index is 0.347. The van der Waals surface area contributed by atoms with Crippen LogP contribution in [-0.4, -0.2) is 14.8 Å². The largest absolute Gasteiger partial charge is 0.284 e. The first-order valence-corrected chi connectivity index (χ1v) is 6.99. The first-order chi connectivity index (χ1) is 9.88. The van der Waals surface area contributed by atoms with E-state index >= 15 is 0 Å². The Hall–Kier alpha value is -2.13. The van der Waals surface area contributed by atoms with Gasteiger partial charge in [-0.15, -0.1) is 21.8 Å². The molecule has 2 aromatic carbocycles. The van der Waals surface area contributed by atoms with Crippen LogP contribution in [0.25, 0.3) is 5.69 Å². The van der Waals surface area contributed by atoms with Crippen molar-refractivity contribution in [1.29, 1.82) is 0 Å². The smallest absolute Gasteiger partial charge is 0.152 e. The van der Waals surface area contributed by atoms with E-state index in [2.05, 4.69) is 46.6 Å². The third-order valence-electron chi connectivity index (χ3n) is 3.23. The fourth-order valence-corrected chi connectivity index (χ4v) is 2.44. The molecule has 0 bridgehead atoms. The molecule has 20 heavy (non-hydrogen) atoms. The Labute approximate surface area is 122 Å². The Balaban J connectivity index is 2.01. The second kappa shape index (κ2) is 5.88. The van der Waals surface area contributed by atoms with Gasteiger partial charge in [0.2, 0.25) is 0 Å². The summed E-state index contributed by atoms with van der Waals surface area (Å²) in [7, 11) is 0. The van der Waals surface area contributed by atoms with Crippen molar-refractivity contribution in [2.24, 2.45) is 0 Å². The molecule has 0 atom stereocenters. The SMILES string of the molecule is ClCc1nncn1-c1ccccc1Cc1ccccc1. The number of benzene rings is 2. The Kier molecular flexibility index (Phi) is 3.79. The molecule has 0 fully saturated rings. The zero-order valence-electron chi connectivity index (χ0n) is 10.9. The summed E-state index contributed by atoms with van der Waals surface area (Å²) < 4.78 is 1.95. The van der Waals surface area contributed by atoms with Gasteiger partial charge >= 0.3 is 0 Å². The van der Waals surface area contributed by atoms with Crippen LogP contribution in [0.4, 0.5) is 0 Å². The van der Waals surface area contributed by atoms with Crippen LogP contribution in [-0.2, 0) is 12.3 Å². The van der Waals surface area contributed by atoms with Crippen LogP contribution < -0.4 is 0 Å². The van der Waals surface area contributed by atoms with Gasteiger partial charge in [-0.1, -0.05) is 48.5 Å². The van der Waals surface area contributed by atoms with Crippen LogP contribution >= 0.6 is 11.6 Å². The fraction of sp³-hybridized carbons (Fsp3) is 0.125. The standard InChI is InChI=1S/C16H14ClN3/c17-11-16-19-18-12-20(16)15-9-5-4-8-14(15)10-13-6-2-1-3-7-13/h1-9,12H,10-11H2. The highest BCUT2D eigenvalue weighted by Crippen LogP contribution is 2.19. The molecule has 100 valence electrons. The van der Waals surface area contributed by atoms with E-state index in [0.29, 0.717) is 5.88 Å². The molecule has 0 saturated heterocycles. The van der Waals surface area contributed by atoms with Crippen molar-refractivity contribution in [3.05, 3.63) is 77.9 Å². The highest BCUT2D eigenvalue weighted by Gasteiger charge is 2.09. The van der Waals surface area contributed by atoms with E-state index in [1.165, 1.54) is 11.1 Å². The number of halogens is 1. The van der Waals surface area contributed by atoms with Crippen molar-refractivity contribution in [2.75, 3.05) is 0 Å². The van der Waals surface area contributed by atoms with Crippen molar-refractivity contribution in [3.8, 4) is 5.69 Å². The molecule has 0 aliphatic carbocycles. The van der Waals surface area contributed by atoms with Gasteiger partial charge in [-0.2, -0.15) is 0 Å². The molecule has 0 saturated carbocycles. The van der Waals surface area contributed by atoms with E-state index in [0.717, 1.165) is 17.9 Å². The molecule has 3 rings (SSSR count). The molecule has 0 spiro atoms. The van der Waals surface area contributed by atoms with Gasteiger partial charge in [-0.25, -0.2) is 0 Å². The number of alkyl halides is 1. The van der Waals surface area contributed by atoms with E-state index in [1.54, 1.807) is 6.33 Å². The fourth-order valence-electron chi connectivity index (χ4n) is 2.26. The van der Waals surface area contributed by atoms with Crippen LogP contribution in [0.1, 0.15) is 17.0 Å². The van der Waals surface area contributed by atoms with Crippen LogP contribution in [0.5, 0.6) is 0 Å². The van der Waals surface area contributed by atoms with Gasteiger partial charge in [-0.3, -0.25) is 4.57 Å². The van der Waals surface area contributed by atoms with Crippen molar-refractivity contribution < 1.29 is 0 Å². The van der Waals surface area contributed by atoms with Gasteiger partial charge in [0.25, 0.3) is 0 Å².